The lowest BCUT2D eigenvalue weighted by atomic mass is 9.93. The summed E-state index contributed by atoms with van der Waals surface area (Å²) in [4.78, 5) is 25.1. The molecule has 1 saturated heterocycles. The lowest BCUT2D eigenvalue weighted by Crippen LogP contribution is -2.58. The molecule has 7 nitrogen and oxygen atoms in total. The first-order valence-electron chi connectivity index (χ1n) is 12.1. The van der Waals surface area contributed by atoms with Crippen LogP contribution in [0.15, 0.2) is 24.5 Å². The van der Waals surface area contributed by atoms with E-state index in [1.807, 2.05) is 25.7 Å². The molecule has 196 valence electrons. The van der Waals surface area contributed by atoms with Gasteiger partial charge in [-0.3, -0.25) is 10.2 Å². The average molecular weight is 510 g/mol. The fraction of sp³-hybridized carbons (Fsp3) is 0.560. The molecule has 2 N–H and O–H groups in total. The number of aliphatic hydroxyl groups is 1. The van der Waals surface area contributed by atoms with Crippen molar-refractivity contribution in [2.75, 3.05) is 31.1 Å². The molecular formula is C25H31F4N5O2. The molecule has 2 heterocycles. The van der Waals surface area contributed by atoms with E-state index in [9.17, 15) is 27.5 Å². The molecule has 2 aromatic rings. The fourth-order valence-corrected chi connectivity index (χ4v) is 5.24. The van der Waals surface area contributed by atoms with Gasteiger partial charge < -0.3 is 14.8 Å². The monoisotopic (exact) mass is 509 g/mol. The van der Waals surface area contributed by atoms with Gasteiger partial charge in [-0.25, -0.2) is 14.4 Å². The van der Waals surface area contributed by atoms with Gasteiger partial charge in [0, 0.05) is 43.3 Å². The van der Waals surface area contributed by atoms with Crippen LogP contribution in [0.3, 0.4) is 0 Å². The van der Waals surface area contributed by atoms with Gasteiger partial charge in [0.05, 0.1) is 29.4 Å². The zero-order valence-electron chi connectivity index (χ0n) is 20.5. The van der Waals surface area contributed by atoms with Crippen molar-refractivity contribution >= 4 is 12.1 Å². The number of carbonyl (C=O) groups excluding carboxylic acids is 1. The van der Waals surface area contributed by atoms with Crippen molar-refractivity contribution in [2.24, 2.45) is 0 Å². The second-order valence-corrected chi connectivity index (χ2v) is 9.83. The number of hydrogen-bond acceptors (Lipinski definition) is 7. The maximum Gasteiger partial charge on any atom is 0.416 e. The number of piperazine rings is 1. The van der Waals surface area contributed by atoms with Crippen LogP contribution in [0, 0.1) is 5.82 Å². The number of aldehydes is 1. The summed E-state index contributed by atoms with van der Waals surface area (Å²) in [6.07, 6.45) is -3.23. The molecule has 1 aliphatic heterocycles. The molecule has 4 atom stereocenters. The van der Waals surface area contributed by atoms with E-state index in [2.05, 4.69) is 20.2 Å². The Morgan fingerprint density at radius 3 is 2.44 bits per heavy atom. The van der Waals surface area contributed by atoms with Crippen LogP contribution in [0.1, 0.15) is 67.5 Å². The van der Waals surface area contributed by atoms with Crippen molar-refractivity contribution in [2.45, 2.75) is 63.5 Å². The fourth-order valence-electron chi connectivity index (χ4n) is 5.24. The zero-order valence-corrected chi connectivity index (χ0v) is 20.5. The number of nitrogens with one attached hydrogen (secondary N) is 1. The van der Waals surface area contributed by atoms with E-state index in [4.69, 9.17) is 0 Å². The van der Waals surface area contributed by atoms with Gasteiger partial charge in [0.2, 0.25) is 0 Å². The molecule has 2 unspecified atom stereocenters. The van der Waals surface area contributed by atoms with Crippen molar-refractivity contribution in [1.82, 2.24) is 20.2 Å². The lowest BCUT2D eigenvalue weighted by molar-refractivity contribution is -0.137. The number of aliphatic hydroxyl groups excluding tert-OH is 1. The van der Waals surface area contributed by atoms with Crippen molar-refractivity contribution < 1.29 is 27.5 Å². The summed E-state index contributed by atoms with van der Waals surface area (Å²) in [5.41, 5.74) is 0.447. The minimum Gasteiger partial charge on any atom is -0.387 e. The van der Waals surface area contributed by atoms with Crippen LogP contribution in [-0.4, -0.2) is 64.6 Å². The molecule has 1 aromatic heterocycles. The highest BCUT2D eigenvalue weighted by molar-refractivity contribution is 5.64. The molecular weight excluding hydrogens is 478 g/mol. The first-order chi connectivity index (χ1) is 17.0. The summed E-state index contributed by atoms with van der Waals surface area (Å²) in [6, 6.07) is 2.26. The predicted octanol–water partition coefficient (Wildman–Crippen LogP) is 3.60. The Morgan fingerprint density at radius 2 is 1.86 bits per heavy atom. The van der Waals surface area contributed by atoms with Gasteiger partial charge >= 0.3 is 6.18 Å². The summed E-state index contributed by atoms with van der Waals surface area (Å²) in [5.74, 6) is -1.14. The number of benzene rings is 1. The Morgan fingerprint density at radius 1 is 1.17 bits per heavy atom. The van der Waals surface area contributed by atoms with Crippen molar-refractivity contribution in [3.63, 3.8) is 0 Å². The largest absolute Gasteiger partial charge is 0.416 e. The Bertz CT molecular complexity index is 1090. The van der Waals surface area contributed by atoms with Crippen LogP contribution >= 0.6 is 0 Å². The van der Waals surface area contributed by atoms with Crippen LogP contribution in [-0.2, 0) is 11.0 Å². The van der Waals surface area contributed by atoms with Gasteiger partial charge in [-0.1, -0.05) is 13.0 Å². The molecule has 0 bridgehead atoms. The maximum absolute atomic E-state index is 14.8. The highest BCUT2D eigenvalue weighted by Crippen LogP contribution is 2.43. The summed E-state index contributed by atoms with van der Waals surface area (Å²) < 4.78 is 53.9. The van der Waals surface area contributed by atoms with E-state index in [-0.39, 0.29) is 17.5 Å². The zero-order chi connectivity index (χ0) is 26.2. The lowest BCUT2D eigenvalue weighted by Gasteiger charge is -2.43. The number of hydrogen-bond donors (Lipinski definition) is 2. The Hall–Kier alpha value is -2.63. The Balaban J connectivity index is 1.56. The third-order valence-electron chi connectivity index (χ3n) is 6.96. The third kappa shape index (κ3) is 5.23. The second-order valence-electron chi connectivity index (χ2n) is 9.83. The molecule has 0 saturated carbocycles. The van der Waals surface area contributed by atoms with E-state index in [0.29, 0.717) is 50.6 Å². The number of aromatic nitrogens is 2. The minimum atomic E-state index is -4.67. The summed E-state index contributed by atoms with van der Waals surface area (Å²) >= 11 is 0. The Kier molecular flexibility index (Phi) is 7.63. The molecule has 1 aromatic carbocycles. The summed E-state index contributed by atoms with van der Waals surface area (Å²) in [7, 11) is 0. The summed E-state index contributed by atoms with van der Waals surface area (Å²) in [6.45, 7) is 8.01. The molecule has 1 aliphatic carbocycles. The van der Waals surface area contributed by atoms with Gasteiger partial charge in [0.1, 0.15) is 24.2 Å². The van der Waals surface area contributed by atoms with Gasteiger partial charge in [-0.15, -0.1) is 0 Å². The normalized spacial score (nSPS) is 22.5. The van der Waals surface area contributed by atoms with Gasteiger partial charge in [-0.2, -0.15) is 13.2 Å². The number of carbonyl (C=O) groups is 1. The highest BCUT2D eigenvalue weighted by Gasteiger charge is 2.37. The molecule has 1 fully saturated rings. The smallest absolute Gasteiger partial charge is 0.387 e. The van der Waals surface area contributed by atoms with Crippen molar-refractivity contribution in [3.05, 3.63) is 52.7 Å². The van der Waals surface area contributed by atoms with Gasteiger partial charge in [0.25, 0.3) is 0 Å². The van der Waals surface area contributed by atoms with Crippen LogP contribution in [0.2, 0.25) is 0 Å². The molecule has 0 radical (unpaired) electrons. The first-order valence-corrected chi connectivity index (χ1v) is 12.1. The molecule has 2 aliphatic rings. The standard InChI is InChI=1S/C25H31F4N5O2/c1-14(2)32-23(18(12-35)17-5-4-16(11-19(17)26)25(27,28)29)33-6-8-34(9-7-33)24-21-15(3)10-20(36)22(21)30-13-31-24/h4-5,11-15,18,20,23,32,36H,6-10H2,1-3H3/t15-,18?,20-,23?/m1/s1. The van der Waals surface area contributed by atoms with E-state index in [1.54, 1.807) is 0 Å². The van der Waals surface area contributed by atoms with Crippen LogP contribution < -0.4 is 10.2 Å². The Labute approximate surface area is 207 Å². The van der Waals surface area contributed by atoms with E-state index < -0.39 is 35.7 Å². The van der Waals surface area contributed by atoms with Crippen molar-refractivity contribution in [1.29, 1.82) is 0 Å². The SMILES string of the molecule is CC(C)NC(C(C=O)c1ccc(C(F)(F)F)cc1F)N1CCN(c2ncnc3c2[C@H](C)C[C@H]3O)CC1. The van der Waals surface area contributed by atoms with Crippen molar-refractivity contribution in [3.8, 4) is 0 Å². The molecule has 0 amide bonds. The number of rotatable bonds is 7. The first kappa shape index (κ1) is 26.4. The topological polar surface area (TPSA) is 81.6 Å². The number of halogens is 4. The van der Waals surface area contributed by atoms with E-state index in [1.165, 1.54) is 6.33 Å². The van der Waals surface area contributed by atoms with E-state index in [0.717, 1.165) is 23.5 Å². The van der Waals surface area contributed by atoms with Crippen LogP contribution in [0.4, 0.5) is 23.4 Å². The molecule has 36 heavy (non-hydrogen) atoms. The average Bonchev–Trinajstić information content (AvgIpc) is 3.12. The van der Waals surface area contributed by atoms with Crippen LogP contribution in [0.5, 0.6) is 0 Å². The molecule has 0 spiro atoms. The number of alkyl halides is 3. The highest BCUT2D eigenvalue weighted by atomic mass is 19.4. The quantitative estimate of drug-likeness (QED) is 0.436. The predicted molar refractivity (Wildman–Crippen MR) is 126 cm³/mol. The van der Waals surface area contributed by atoms with Gasteiger partial charge in [0.15, 0.2) is 0 Å². The number of fused-ring (bicyclic) bond motifs is 1. The number of anilines is 1. The maximum atomic E-state index is 14.8. The minimum absolute atomic E-state index is 0.0551. The van der Waals surface area contributed by atoms with Crippen LogP contribution in [0.25, 0.3) is 0 Å². The van der Waals surface area contributed by atoms with Gasteiger partial charge in [-0.05, 0) is 38.3 Å². The summed E-state index contributed by atoms with van der Waals surface area (Å²) in [5, 5.41) is 13.6. The second kappa shape index (κ2) is 10.4. The third-order valence-corrected chi connectivity index (χ3v) is 6.96. The molecule has 11 heteroatoms. The van der Waals surface area contributed by atoms with E-state index >= 15 is 0 Å². The number of nitrogens with zero attached hydrogens (tertiary/aromatic N) is 4. The molecule has 4 rings (SSSR count).